The number of hydrogen-bond donors (Lipinski definition) is 1. The lowest BCUT2D eigenvalue weighted by Crippen LogP contribution is -2.67. The molecule has 1 aliphatic heterocycles. The van der Waals surface area contributed by atoms with E-state index in [1.165, 1.54) is 6.20 Å². The van der Waals surface area contributed by atoms with Crippen LogP contribution in [0.25, 0.3) is 6.08 Å². The van der Waals surface area contributed by atoms with E-state index in [4.69, 9.17) is 9.16 Å². The second-order valence-corrected chi connectivity index (χ2v) is 16.1. The summed E-state index contributed by atoms with van der Waals surface area (Å²) < 4.78 is 30.9. The van der Waals surface area contributed by atoms with Gasteiger partial charge in [-0.1, -0.05) is 124 Å². The summed E-state index contributed by atoms with van der Waals surface area (Å²) in [6.07, 6.45) is 1.59. The van der Waals surface area contributed by atoms with Crippen LogP contribution >= 0.6 is 0 Å². The molecule has 2 heterocycles. The minimum Gasteiger partial charge on any atom is -0.405 e. The summed E-state index contributed by atoms with van der Waals surface area (Å²) >= 11 is 0. The van der Waals surface area contributed by atoms with Crippen LogP contribution < -0.4 is 21.6 Å². The molecule has 0 radical (unpaired) electrons. The van der Waals surface area contributed by atoms with Gasteiger partial charge in [0.2, 0.25) is 0 Å². The van der Waals surface area contributed by atoms with Gasteiger partial charge in [0, 0.05) is 17.7 Å². The Morgan fingerprint density at radius 3 is 2.02 bits per heavy atom. The Labute approximate surface area is 246 Å². The first-order chi connectivity index (χ1) is 20.1. The molecule has 4 atom stereocenters. The van der Waals surface area contributed by atoms with E-state index in [2.05, 4.69) is 50.0 Å². The SMILES string of the molecule is Cc1cn([C@@H]2O[C@H](CO[Si](c3ccccc3)(c3ccccc3)C(C)(C)C)[C@@H](/C=C/c3ccccc3)[C@H]2F)c(=O)[nH]c1=O. The van der Waals surface area contributed by atoms with E-state index in [1.54, 1.807) is 6.92 Å². The summed E-state index contributed by atoms with van der Waals surface area (Å²) in [5.41, 5.74) is 0.0139. The van der Waals surface area contributed by atoms with Gasteiger partial charge in [-0.05, 0) is 27.9 Å². The number of nitrogens with one attached hydrogen (secondary N) is 1. The predicted octanol–water partition coefficient (Wildman–Crippen LogP) is 4.99. The molecule has 3 aromatic carbocycles. The van der Waals surface area contributed by atoms with Gasteiger partial charge in [-0.15, -0.1) is 0 Å². The molecule has 0 spiro atoms. The van der Waals surface area contributed by atoms with E-state index in [0.29, 0.717) is 5.56 Å². The molecule has 6 nitrogen and oxygen atoms in total. The van der Waals surface area contributed by atoms with Gasteiger partial charge >= 0.3 is 5.69 Å². The van der Waals surface area contributed by atoms with Crippen LogP contribution in [0.15, 0.2) is 113 Å². The smallest absolute Gasteiger partial charge is 0.330 e. The molecular weight excluding hydrogens is 547 g/mol. The van der Waals surface area contributed by atoms with Gasteiger partial charge in [-0.25, -0.2) is 9.18 Å². The fourth-order valence-electron chi connectivity index (χ4n) is 5.87. The molecule has 0 bridgehead atoms. The van der Waals surface area contributed by atoms with Crippen molar-refractivity contribution in [2.24, 2.45) is 5.92 Å². The molecule has 42 heavy (non-hydrogen) atoms. The van der Waals surface area contributed by atoms with Crippen LogP contribution in [-0.2, 0) is 9.16 Å². The Bertz CT molecular complexity index is 1590. The van der Waals surface area contributed by atoms with E-state index < -0.39 is 44.0 Å². The second kappa shape index (κ2) is 12.2. The summed E-state index contributed by atoms with van der Waals surface area (Å²) in [6.45, 7) is 8.25. The highest BCUT2D eigenvalue weighted by atomic mass is 28.4. The zero-order chi connectivity index (χ0) is 29.9. The van der Waals surface area contributed by atoms with E-state index >= 15 is 4.39 Å². The molecular formula is C34H37FN2O4Si. The van der Waals surface area contributed by atoms with Crippen molar-refractivity contribution in [2.45, 2.75) is 51.2 Å². The molecule has 218 valence electrons. The Hall–Kier alpha value is -3.85. The molecule has 4 aromatic rings. The summed E-state index contributed by atoms with van der Waals surface area (Å²) in [4.78, 5) is 27.1. The van der Waals surface area contributed by atoms with Crippen LogP contribution in [0.2, 0.25) is 5.04 Å². The van der Waals surface area contributed by atoms with Crippen molar-refractivity contribution in [3.05, 3.63) is 135 Å². The van der Waals surface area contributed by atoms with Crippen molar-refractivity contribution in [3.8, 4) is 0 Å². The predicted molar refractivity (Wildman–Crippen MR) is 167 cm³/mol. The lowest BCUT2D eigenvalue weighted by Gasteiger charge is -2.43. The number of rotatable bonds is 8. The second-order valence-electron chi connectivity index (χ2n) is 11.8. The molecule has 1 aliphatic rings. The van der Waals surface area contributed by atoms with Gasteiger partial charge in [0.15, 0.2) is 12.4 Å². The average molecular weight is 585 g/mol. The topological polar surface area (TPSA) is 73.3 Å². The first-order valence-corrected chi connectivity index (χ1v) is 16.1. The van der Waals surface area contributed by atoms with Gasteiger partial charge in [0.1, 0.15) is 0 Å². The molecule has 0 aliphatic carbocycles. The highest BCUT2D eigenvalue weighted by Crippen LogP contribution is 2.40. The maximum Gasteiger partial charge on any atom is 0.330 e. The number of alkyl halides is 1. The maximum absolute atomic E-state index is 16.3. The first kappa shape index (κ1) is 29.6. The lowest BCUT2D eigenvalue weighted by molar-refractivity contribution is -0.0387. The van der Waals surface area contributed by atoms with Crippen LogP contribution in [0, 0.1) is 12.8 Å². The number of aryl methyl sites for hydroxylation is 1. The van der Waals surface area contributed by atoms with Crippen LogP contribution in [-0.4, -0.2) is 36.8 Å². The Morgan fingerprint density at radius 2 is 1.48 bits per heavy atom. The van der Waals surface area contributed by atoms with Crippen LogP contribution in [0.4, 0.5) is 4.39 Å². The van der Waals surface area contributed by atoms with Crippen molar-refractivity contribution >= 4 is 24.8 Å². The fraction of sp³-hybridized carbons (Fsp3) is 0.294. The van der Waals surface area contributed by atoms with Gasteiger partial charge in [0.25, 0.3) is 13.9 Å². The Balaban J connectivity index is 1.56. The minimum atomic E-state index is -2.93. The third-order valence-corrected chi connectivity index (χ3v) is 13.0. The Kier molecular flexibility index (Phi) is 8.59. The largest absolute Gasteiger partial charge is 0.405 e. The van der Waals surface area contributed by atoms with E-state index in [1.807, 2.05) is 78.9 Å². The van der Waals surface area contributed by atoms with Crippen LogP contribution in [0.5, 0.6) is 0 Å². The molecule has 1 N–H and O–H groups in total. The molecule has 5 rings (SSSR count). The molecule has 0 unspecified atom stereocenters. The maximum atomic E-state index is 16.3. The summed E-state index contributed by atoms with van der Waals surface area (Å²) in [7, 11) is -2.93. The highest BCUT2D eigenvalue weighted by molar-refractivity contribution is 6.99. The van der Waals surface area contributed by atoms with Gasteiger partial charge < -0.3 is 9.16 Å². The standard InChI is InChI=1S/C34H37FN2O4Si/c1-24-22-37(33(39)36-31(24)38)32-30(35)28(21-20-25-14-8-5-9-15-25)29(41-32)23-40-42(34(2,3)4,26-16-10-6-11-17-26)27-18-12-7-13-19-27/h5-22,28-30,32H,23H2,1-4H3,(H,36,38,39)/b21-20+/t28-,29-,30-,32-/m1/s1. The Morgan fingerprint density at radius 1 is 0.929 bits per heavy atom. The number of nitrogens with zero attached hydrogens (tertiary/aromatic N) is 1. The highest BCUT2D eigenvalue weighted by Gasteiger charge is 2.52. The van der Waals surface area contributed by atoms with Gasteiger partial charge in [-0.3, -0.25) is 14.3 Å². The van der Waals surface area contributed by atoms with Crippen molar-refractivity contribution in [1.29, 1.82) is 0 Å². The number of aromatic nitrogens is 2. The third-order valence-electron chi connectivity index (χ3n) is 8.00. The molecule has 1 aromatic heterocycles. The molecule has 0 amide bonds. The van der Waals surface area contributed by atoms with Crippen molar-refractivity contribution < 1.29 is 13.6 Å². The third kappa shape index (κ3) is 5.75. The number of H-pyrrole nitrogens is 1. The van der Waals surface area contributed by atoms with Crippen LogP contribution in [0.3, 0.4) is 0 Å². The molecule has 1 saturated heterocycles. The summed E-state index contributed by atoms with van der Waals surface area (Å²) in [5.74, 6) is -0.701. The quantitative estimate of drug-likeness (QED) is 0.297. The first-order valence-electron chi connectivity index (χ1n) is 14.2. The van der Waals surface area contributed by atoms with E-state index in [0.717, 1.165) is 20.5 Å². The van der Waals surface area contributed by atoms with Crippen molar-refractivity contribution in [3.63, 3.8) is 0 Å². The molecule has 8 heteroatoms. The summed E-state index contributed by atoms with van der Waals surface area (Å²) in [5, 5.41) is 1.95. The monoisotopic (exact) mass is 584 g/mol. The normalized spacial score (nSPS) is 21.2. The average Bonchev–Trinajstić information content (AvgIpc) is 3.29. The number of ether oxygens (including phenoxy) is 1. The summed E-state index contributed by atoms with van der Waals surface area (Å²) in [6, 6.07) is 30.1. The number of benzene rings is 3. The fourth-order valence-corrected chi connectivity index (χ4v) is 10.4. The zero-order valence-electron chi connectivity index (χ0n) is 24.4. The molecule has 0 saturated carbocycles. The number of aromatic amines is 1. The van der Waals surface area contributed by atoms with E-state index in [-0.39, 0.29) is 11.6 Å². The van der Waals surface area contributed by atoms with Gasteiger partial charge in [-0.2, -0.15) is 0 Å². The number of halogens is 1. The molecule has 1 fully saturated rings. The van der Waals surface area contributed by atoms with Crippen molar-refractivity contribution in [1.82, 2.24) is 9.55 Å². The van der Waals surface area contributed by atoms with Crippen LogP contribution in [0.1, 0.15) is 38.1 Å². The minimum absolute atomic E-state index is 0.116. The lowest BCUT2D eigenvalue weighted by atomic mass is 9.97. The van der Waals surface area contributed by atoms with E-state index in [9.17, 15) is 9.59 Å². The zero-order valence-corrected chi connectivity index (χ0v) is 25.4. The number of hydrogen-bond acceptors (Lipinski definition) is 4. The van der Waals surface area contributed by atoms with Crippen molar-refractivity contribution in [2.75, 3.05) is 6.61 Å². The van der Waals surface area contributed by atoms with Gasteiger partial charge in [0.05, 0.1) is 12.7 Å².